The van der Waals surface area contributed by atoms with Gasteiger partial charge in [0.05, 0.1) is 11.8 Å². The van der Waals surface area contributed by atoms with Crippen molar-refractivity contribution in [3.8, 4) is 0 Å². The Morgan fingerprint density at radius 3 is 2.92 bits per heavy atom. The fourth-order valence-corrected chi connectivity index (χ4v) is 4.66. The van der Waals surface area contributed by atoms with Crippen molar-refractivity contribution in [1.29, 1.82) is 0 Å². The number of ether oxygens (including phenoxy) is 1. The maximum atomic E-state index is 6.37. The highest BCUT2D eigenvalue weighted by Crippen LogP contribution is 2.40. The first kappa shape index (κ1) is 14.6. The summed E-state index contributed by atoms with van der Waals surface area (Å²) in [5, 5.41) is 0. The summed E-state index contributed by atoms with van der Waals surface area (Å²) >= 11 is 0. The third-order valence-electron chi connectivity index (χ3n) is 5.80. The van der Waals surface area contributed by atoms with E-state index in [0.29, 0.717) is 17.9 Å². The average Bonchev–Trinajstić information content (AvgIpc) is 2.77. The molecule has 5 aliphatic rings. The summed E-state index contributed by atoms with van der Waals surface area (Å²) in [6.45, 7) is 1.05. The van der Waals surface area contributed by atoms with Crippen LogP contribution in [-0.4, -0.2) is 35.7 Å². The second kappa shape index (κ2) is 5.98. The molecule has 3 heterocycles. The number of allylic oxidation sites excluding steroid dienone is 6. The zero-order valence-electron chi connectivity index (χ0n) is 13.9. The van der Waals surface area contributed by atoms with Crippen LogP contribution in [0, 0.1) is 11.8 Å². The third kappa shape index (κ3) is 2.38. The summed E-state index contributed by atoms with van der Waals surface area (Å²) < 4.78 is 6.37. The monoisotopic (exact) mass is 320 g/mol. The molecule has 3 aliphatic heterocycles. The molecule has 24 heavy (non-hydrogen) atoms. The standard InChI is InChI=1S/C21H24N2O/c1-2-8-15(9-3-1)20-21-17-11-5-4-10-16(17)14-23(21)19-13-7-6-12-18(22-20)24-19/h2,4-5,7-11,13,16-19,21H,1,3,6,12,14H2. The summed E-state index contributed by atoms with van der Waals surface area (Å²) in [5.74, 6) is 1.07. The van der Waals surface area contributed by atoms with Crippen LogP contribution in [0.15, 0.2) is 65.2 Å². The number of rotatable bonds is 1. The molecule has 0 saturated carbocycles. The van der Waals surface area contributed by atoms with Crippen LogP contribution in [-0.2, 0) is 4.74 Å². The van der Waals surface area contributed by atoms with Gasteiger partial charge in [-0.05, 0) is 43.3 Å². The van der Waals surface area contributed by atoms with Crippen LogP contribution >= 0.6 is 0 Å². The molecule has 0 aromatic rings. The first-order valence-electron chi connectivity index (χ1n) is 9.28. The molecule has 5 atom stereocenters. The first-order chi connectivity index (χ1) is 11.9. The lowest BCUT2D eigenvalue weighted by molar-refractivity contribution is -0.0594. The van der Waals surface area contributed by atoms with Gasteiger partial charge in [-0.2, -0.15) is 0 Å². The Labute approximate surface area is 143 Å². The Kier molecular flexibility index (Phi) is 3.64. The highest BCUT2D eigenvalue weighted by molar-refractivity contribution is 6.07. The number of hydrogen-bond donors (Lipinski definition) is 0. The van der Waals surface area contributed by atoms with Crippen LogP contribution in [0.5, 0.6) is 0 Å². The molecule has 124 valence electrons. The first-order valence-corrected chi connectivity index (χ1v) is 9.28. The van der Waals surface area contributed by atoms with Crippen LogP contribution < -0.4 is 0 Å². The Balaban J connectivity index is 1.61. The molecule has 2 aliphatic carbocycles. The van der Waals surface area contributed by atoms with Crippen LogP contribution in [0.3, 0.4) is 0 Å². The third-order valence-corrected chi connectivity index (χ3v) is 5.80. The largest absolute Gasteiger partial charge is 0.335 e. The molecule has 0 amide bonds. The maximum absolute atomic E-state index is 6.37. The van der Waals surface area contributed by atoms with E-state index in [-0.39, 0.29) is 12.5 Å². The SMILES string of the molecule is C1=CC2CN3C4C=CCCC(N=C(C5=CCCC=C5)C3C2C=C1)O4. The second-order valence-corrected chi connectivity index (χ2v) is 7.29. The predicted octanol–water partition coefficient (Wildman–Crippen LogP) is 3.78. The summed E-state index contributed by atoms with van der Waals surface area (Å²) in [6, 6.07) is 0.322. The number of hydrogen-bond acceptors (Lipinski definition) is 3. The van der Waals surface area contributed by atoms with Gasteiger partial charge in [0, 0.05) is 12.5 Å². The minimum atomic E-state index is -0.0108. The van der Waals surface area contributed by atoms with Gasteiger partial charge in [0.1, 0.15) is 6.23 Å². The summed E-state index contributed by atoms with van der Waals surface area (Å²) in [7, 11) is 0. The number of fused-ring (bicyclic) bond motifs is 6. The quantitative estimate of drug-likeness (QED) is 0.687. The van der Waals surface area contributed by atoms with E-state index >= 15 is 0 Å². The van der Waals surface area contributed by atoms with E-state index < -0.39 is 0 Å². The van der Waals surface area contributed by atoms with Gasteiger partial charge in [-0.25, -0.2) is 0 Å². The predicted molar refractivity (Wildman–Crippen MR) is 96.7 cm³/mol. The molecule has 5 rings (SSSR count). The normalized spacial score (nSPS) is 40.4. The van der Waals surface area contributed by atoms with Crippen molar-refractivity contribution in [1.82, 2.24) is 4.90 Å². The summed E-state index contributed by atoms with van der Waals surface area (Å²) in [6.07, 6.45) is 24.9. The molecule has 0 radical (unpaired) electrons. The molecule has 3 heteroatoms. The molecule has 3 nitrogen and oxygen atoms in total. The molecule has 1 fully saturated rings. The highest BCUT2D eigenvalue weighted by Gasteiger charge is 2.47. The molecule has 0 aromatic carbocycles. The van der Waals surface area contributed by atoms with Gasteiger partial charge in [-0.1, -0.05) is 48.6 Å². The molecule has 0 N–H and O–H groups in total. The van der Waals surface area contributed by atoms with Gasteiger partial charge in [-0.3, -0.25) is 9.89 Å². The summed E-state index contributed by atoms with van der Waals surface area (Å²) in [4.78, 5) is 7.69. The average molecular weight is 320 g/mol. The molecule has 0 aromatic heterocycles. The maximum Gasteiger partial charge on any atom is 0.151 e. The Morgan fingerprint density at radius 2 is 2.00 bits per heavy atom. The van der Waals surface area contributed by atoms with Crippen molar-refractivity contribution < 1.29 is 4.74 Å². The summed E-state index contributed by atoms with van der Waals surface area (Å²) in [5.41, 5.74) is 2.57. The fraction of sp³-hybridized carbons (Fsp3) is 0.476. The molecular weight excluding hydrogens is 296 g/mol. The van der Waals surface area contributed by atoms with E-state index in [9.17, 15) is 0 Å². The van der Waals surface area contributed by atoms with Gasteiger partial charge in [0.15, 0.2) is 6.23 Å². The van der Waals surface area contributed by atoms with Gasteiger partial charge in [0.2, 0.25) is 0 Å². The smallest absolute Gasteiger partial charge is 0.151 e. The number of aliphatic imine (C=N–C) groups is 1. The van der Waals surface area contributed by atoms with Crippen LogP contribution in [0.4, 0.5) is 0 Å². The minimum absolute atomic E-state index is 0.0108. The zero-order chi connectivity index (χ0) is 15.9. The van der Waals surface area contributed by atoms with Crippen LogP contribution in [0.2, 0.25) is 0 Å². The van der Waals surface area contributed by atoms with Gasteiger partial charge >= 0.3 is 0 Å². The van der Waals surface area contributed by atoms with Crippen LogP contribution in [0.1, 0.15) is 25.7 Å². The number of nitrogens with zero attached hydrogens (tertiary/aromatic N) is 2. The van der Waals surface area contributed by atoms with E-state index in [0.717, 1.165) is 32.2 Å². The van der Waals surface area contributed by atoms with E-state index in [2.05, 4.69) is 59.6 Å². The van der Waals surface area contributed by atoms with E-state index in [1.807, 2.05) is 0 Å². The highest BCUT2D eigenvalue weighted by atomic mass is 16.5. The van der Waals surface area contributed by atoms with Crippen molar-refractivity contribution in [2.45, 2.75) is 44.2 Å². The second-order valence-electron chi connectivity index (χ2n) is 7.29. The molecule has 5 unspecified atom stereocenters. The van der Waals surface area contributed by atoms with Crippen molar-refractivity contribution in [2.75, 3.05) is 6.54 Å². The van der Waals surface area contributed by atoms with E-state index in [1.54, 1.807) is 0 Å². The van der Waals surface area contributed by atoms with Gasteiger partial charge < -0.3 is 4.74 Å². The fourth-order valence-electron chi connectivity index (χ4n) is 4.66. The topological polar surface area (TPSA) is 24.8 Å². The van der Waals surface area contributed by atoms with E-state index in [1.165, 1.54) is 11.3 Å². The van der Waals surface area contributed by atoms with Crippen molar-refractivity contribution in [2.24, 2.45) is 16.8 Å². The van der Waals surface area contributed by atoms with Crippen LogP contribution in [0.25, 0.3) is 0 Å². The van der Waals surface area contributed by atoms with E-state index in [4.69, 9.17) is 9.73 Å². The Morgan fingerprint density at radius 1 is 1.04 bits per heavy atom. The van der Waals surface area contributed by atoms with Gasteiger partial charge in [0.25, 0.3) is 0 Å². The molecular formula is C21H24N2O. The lowest BCUT2D eigenvalue weighted by Gasteiger charge is -2.31. The molecule has 2 bridgehead atoms. The Bertz CT molecular complexity index is 697. The molecule has 0 spiro atoms. The lowest BCUT2D eigenvalue weighted by atomic mass is 9.82. The minimum Gasteiger partial charge on any atom is -0.335 e. The van der Waals surface area contributed by atoms with Crippen molar-refractivity contribution >= 4 is 5.71 Å². The molecule has 1 saturated heterocycles. The van der Waals surface area contributed by atoms with Crippen molar-refractivity contribution in [3.05, 3.63) is 60.3 Å². The Hall–Kier alpha value is -1.71. The van der Waals surface area contributed by atoms with Crippen molar-refractivity contribution in [3.63, 3.8) is 0 Å². The van der Waals surface area contributed by atoms with Gasteiger partial charge in [-0.15, -0.1) is 0 Å². The zero-order valence-corrected chi connectivity index (χ0v) is 13.9. The lowest BCUT2D eigenvalue weighted by Crippen LogP contribution is -2.44.